The molecule has 74 valence electrons. The summed E-state index contributed by atoms with van der Waals surface area (Å²) in [6, 6.07) is 7.84. The Morgan fingerprint density at radius 1 is 1.29 bits per heavy atom. The van der Waals surface area contributed by atoms with Gasteiger partial charge in [-0.25, -0.2) is 0 Å². The van der Waals surface area contributed by atoms with E-state index in [0.29, 0.717) is 13.0 Å². The van der Waals surface area contributed by atoms with Crippen LogP contribution in [-0.4, -0.2) is 14.2 Å². The molecule has 0 unspecified atom stereocenters. The van der Waals surface area contributed by atoms with Crippen molar-refractivity contribution in [1.82, 2.24) is 0 Å². The number of benzene rings is 1. The van der Waals surface area contributed by atoms with Crippen LogP contribution in [0.5, 0.6) is 5.75 Å². The molecule has 0 amide bonds. The summed E-state index contributed by atoms with van der Waals surface area (Å²) in [5.74, 6) is 0.760. The van der Waals surface area contributed by atoms with Crippen molar-refractivity contribution in [3.63, 3.8) is 0 Å². The molecule has 0 bridgehead atoms. The van der Waals surface area contributed by atoms with E-state index in [1.807, 2.05) is 18.2 Å². The minimum Gasteiger partial charge on any atom is -0.496 e. The third kappa shape index (κ3) is 2.24. The normalized spacial score (nSPS) is 9.50. The van der Waals surface area contributed by atoms with Gasteiger partial charge in [0.25, 0.3) is 0 Å². The van der Waals surface area contributed by atoms with E-state index in [0.717, 1.165) is 16.9 Å². The summed E-state index contributed by atoms with van der Waals surface area (Å²) >= 11 is 0. The first kappa shape index (κ1) is 10.6. The van der Waals surface area contributed by atoms with Gasteiger partial charge in [0.2, 0.25) is 0 Å². The maximum atomic E-state index is 8.62. The topological polar surface area (TPSA) is 42.2 Å². The zero-order valence-corrected chi connectivity index (χ0v) is 8.41. The number of nitriles is 1. The molecular formula is C11H13NO2. The quantitative estimate of drug-likeness (QED) is 0.730. The van der Waals surface area contributed by atoms with E-state index < -0.39 is 0 Å². The van der Waals surface area contributed by atoms with Crippen molar-refractivity contribution < 1.29 is 9.47 Å². The summed E-state index contributed by atoms with van der Waals surface area (Å²) in [6.45, 7) is 0.502. The highest BCUT2D eigenvalue weighted by Gasteiger charge is 2.07. The van der Waals surface area contributed by atoms with Gasteiger partial charge in [-0.05, 0) is 0 Å². The van der Waals surface area contributed by atoms with Crippen molar-refractivity contribution >= 4 is 0 Å². The fourth-order valence-electron chi connectivity index (χ4n) is 1.39. The van der Waals surface area contributed by atoms with Crippen LogP contribution in [0.4, 0.5) is 0 Å². The lowest BCUT2D eigenvalue weighted by molar-refractivity contribution is 0.181. The van der Waals surface area contributed by atoms with Crippen LogP contribution < -0.4 is 4.74 Å². The zero-order chi connectivity index (χ0) is 10.4. The fraction of sp³-hybridized carbons (Fsp3) is 0.364. The summed E-state index contributed by atoms with van der Waals surface area (Å²) in [5, 5.41) is 8.62. The second kappa shape index (κ2) is 5.25. The SMILES string of the molecule is COCc1cccc(CC#N)c1OC. The van der Waals surface area contributed by atoms with Crippen LogP contribution in [0.15, 0.2) is 18.2 Å². The van der Waals surface area contributed by atoms with Gasteiger partial charge in [0.15, 0.2) is 0 Å². The van der Waals surface area contributed by atoms with Gasteiger partial charge in [0.1, 0.15) is 5.75 Å². The molecule has 3 heteroatoms. The lowest BCUT2D eigenvalue weighted by atomic mass is 10.1. The number of nitrogens with zero attached hydrogens (tertiary/aromatic N) is 1. The van der Waals surface area contributed by atoms with Gasteiger partial charge in [0.05, 0.1) is 26.2 Å². The molecule has 0 atom stereocenters. The summed E-state index contributed by atoms with van der Waals surface area (Å²) in [5.41, 5.74) is 1.88. The number of hydrogen-bond donors (Lipinski definition) is 0. The van der Waals surface area contributed by atoms with Crippen molar-refractivity contribution in [2.45, 2.75) is 13.0 Å². The molecule has 1 aromatic carbocycles. The Morgan fingerprint density at radius 2 is 2.00 bits per heavy atom. The Balaban J connectivity index is 3.05. The molecule has 0 radical (unpaired) electrons. The summed E-state index contributed by atoms with van der Waals surface area (Å²) in [4.78, 5) is 0. The smallest absolute Gasteiger partial charge is 0.128 e. The molecule has 0 saturated heterocycles. The molecular weight excluding hydrogens is 178 g/mol. The number of ether oxygens (including phenoxy) is 2. The highest BCUT2D eigenvalue weighted by molar-refractivity contribution is 5.42. The van der Waals surface area contributed by atoms with Crippen molar-refractivity contribution in [2.75, 3.05) is 14.2 Å². The Morgan fingerprint density at radius 3 is 2.57 bits per heavy atom. The standard InChI is InChI=1S/C11H13NO2/c1-13-8-10-5-3-4-9(6-7-12)11(10)14-2/h3-5H,6,8H2,1-2H3. The minimum atomic E-state index is 0.362. The number of methoxy groups -OCH3 is 2. The van der Waals surface area contributed by atoms with Crippen molar-refractivity contribution in [3.8, 4) is 11.8 Å². The van der Waals surface area contributed by atoms with Gasteiger partial charge in [-0.15, -0.1) is 0 Å². The molecule has 14 heavy (non-hydrogen) atoms. The predicted molar refractivity (Wildman–Crippen MR) is 53.0 cm³/mol. The van der Waals surface area contributed by atoms with Gasteiger partial charge < -0.3 is 9.47 Å². The van der Waals surface area contributed by atoms with Crippen LogP contribution in [0.25, 0.3) is 0 Å². The Hall–Kier alpha value is -1.53. The minimum absolute atomic E-state index is 0.362. The van der Waals surface area contributed by atoms with Crippen molar-refractivity contribution in [3.05, 3.63) is 29.3 Å². The van der Waals surface area contributed by atoms with Crippen molar-refractivity contribution in [2.24, 2.45) is 0 Å². The van der Waals surface area contributed by atoms with Gasteiger partial charge in [0, 0.05) is 18.2 Å². The lowest BCUT2D eigenvalue weighted by Gasteiger charge is -2.10. The molecule has 0 spiro atoms. The van der Waals surface area contributed by atoms with E-state index in [1.54, 1.807) is 14.2 Å². The highest BCUT2D eigenvalue weighted by atomic mass is 16.5. The number of hydrogen-bond acceptors (Lipinski definition) is 3. The van der Waals surface area contributed by atoms with Gasteiger partial charge in [-0.2, -0.15) is 5.26 Å². The van der Waals surface area contributed by atoms with Gasteiger partial charge in [-0.1, -0.05) is 18.2 Å². The summed E-state index contributed by atoms with van der Waals surface area (Å²) in [6.07, 6.45) is 0.362. The molecule has 0 N–H and O–H groups in total. The average molecular weight is 191 g/mol. The van der Waals surface area contributed by atoms with Crippen LogP contribution >= 0.6 is 0 Å². The van der Waals surface area contributed by atoms with E-state index in [9.17, 15) is 0 Å². The molecule has 1 aromatic rings. The molecule has 1 rings (SSSR count). The fourth-order valence-corrected chi connectivity index (χ4v) is 1.39. The Kier molecular flexibility index (Phi) is 3.96. The second-order valence-electron chi connectivity index (χ2n) is 2.88. The molecule has 0 saturated carbocycles. The van der Waals surface area contributed by atoms with Gasteiger partial charge >= 0.3 is 0 Å². The second-order valence-corrected chi connectivity index (χ2v) is 2.88. The highest BCUT2D eigenvalue weighted by Crippen LogP contribution is 2.24. The molecule has 3 nitrogen and oxygen atoms in total. The zero-order valence-electron chi connectivity index (χ0n) is 8.41. The van der Waals surface area contributed by atoms with Gasteiger partial charge in [-0.3, -0.25) is 0 Å². The first-order valence-corrected chi connectivity index (χ1v) is 4.34. The van der Waals surface area contributed by atoms with E-state index in [1.165, 1.54) is 0 Å². The Bertz CT molecular complexity index is 342. The molecule has 0 fully saturated rings. The first-order chi connectivity index (χ1) is 6.83. The lowest BCUT2D eigenvalue weighted by Crippen LogP contribution is -1.98. The van der Waals surface area contributed by atoms with Crippen LogP contribution in [-0.2, 0) is 17.8 Å². The third-order valence-corrected chi connectivity index (χ3v) is 1.95. The maximum Gasteiger partial charge on any atom is 0.128 e. The predicted octanol–water partition coefficient (Wildman–Crippen LogP) is 1.91. The number of para-hydroxylation sites is 1. The molecule has 0 heterocycles. The van der Waals surface area contributed by atoms with Crippen LogP contribution in [0.1, 0.15) is 11.1 Å². The van der Waals surface area contributed by atoms with Crippen LogP contribution in [0.2, 0.25) is 0 Å². The number of rotatable bonds is 4. The molecule has 0 aliphatic carbocycles. The first-order valence-electron chi connectivity index (χ1n) is 4.34. The molecule has 0 aliphatic rings. The van der Waals surface area contributed by atoms with E-state index in [-0.39, 0.29) is 0 Å². The maximum absolute atomic E-state index is 8.62. The van der Waals surface area contributed by atoms with E-state index in [2.05, 4.69) is 6.07 Å². The van der Waals surface area contributed by atoms with Crippen molar-refractivity contribution in [1.29, 1.82) is 5.26 Å². The molecule has 0 aromatic heterocycles. The van der Waals surface area contributed by atoms with Crippen LogP contribution in [0.3, 0.4) is 0 Å². The van der Waals surface area contributed by atoms with Crippen LogP contribution in [0, 0.1) is 11.3 Å². The third-order valence-electron chi connectivity index (χ3n) is 1.95. The Labute approximate surface area is 83.9 Å². The average Bonchev–Trinajstić information content (AvgIpc) is 2.19. The monoisotopic (exact) mass is 191 g/mol. The van der Waals surface area contributed by atoms with E-state index in [4.69, 9.17) is 14.7 Å². The molecule has 0 aliphatic heterocycles. The summed E-state index contributed by atoms with van der Waals surface area (Å²) < 4.78 is 10.3. The summed E-state index contributed by atoms with van der Waals surface area (Å²) in [7, 11) is 3.24. The van der Waals surface area contributed by atoms with E-state index >= 15 is 0 Å². The largest absolute Gasteiger partial charge is 0.496 e.